The Morgan fingerprint density at radius 2 is 2.08 bits per heavy atom. The molecule has 0 amide bonds. The molecule has 0 spiro atoms. The molecule has 1 aliphatic heterocycles. The van der Waals surface area contributed by atoms with Crippen molar-refractivity contribution in [3.05, 3.63) is 52.8 Å². The molecule has 1 aliphatic rings. The number of rotatable bonds is 5. The van der Waals surface area contributed by atoms with Crippen molar-refractivity contribution in [1.29, 1.82) is 0 Å². The summed E-state index contributed by atoms with van der Waals surface area (Å²) in [6, 6.07) is 5.10. The lowest BCUT2D eigenvalue weighted by Gasteiger charge is -2.31. The number of nitrogens with zero attached hydrogens (tertiary/aromatic N) is 8. The first kappa shape index (κ1) is 16.6. The average Bonchev–Trinajstić information content (AvgIpc) is 3.31. The van der Waals surface area contributed by atoms with Gasteiger partial charge in [-0.3, -0.25) is 14.4 Å². The van der Waals surface area contributed by atoms with E-state index in [9.17, 15) is 4.79 Å². The predicted octanol–water partition coefficient (Wildman–Crippen LogP) is 0.470. The Balaban J connectivity index is 1.37. The van der Waals surface area contributed by atoms with Crippen molar-refractivity contribution < 1.29 is 0 Å². The molecule has 9 nitrogen and oxygen atoms in total. The van der Waals surface area contributed by atoms with Gasteiger partial charge in [0.1, 0.15) is 0 Å². The van der Waals surface area contributed by atoms with E-state index in [2.05, 4.69) is 25.4 Å². The molecule has 0 N–H and O–H groups in total. The van der Waals surface area contributed by atoms with E-state index < -0.39 is 0 Å². The van der Waals surface area contributed by atoms with Crippen LogP contribution in [0.4, 0.5) is 0 Å². The number of likely N-dealkylation sites (tertiary alicyclic amines) is 1. The quantitative estimate of drug-likeness (QED) is 0.662. The molecule has 4 heterocycles. The summed E-state index contributed by atoms with van der Waals surface area (Å²) in [5.74, 6) is 1.11. The summed E-state index contributed by atoms with van der Waals surface area (Å²) >= 11 is 0. The fourth-order valence-electron chi connectivity index (χ4n) is 3.36. The summed E-state index contributed by atoms with van der Waals surface area (Å²) in [7, 11) is 1.88. The van der Waals surface area contributed by atoms with Crippen LogP contribution in [0.15, 0.2) is 41.6 Å². The summed E-state index contributed by atoms with van der Waals surface area (Å²) in [6.45, 7) is 3.46. The first-order valence-electron chi connectivity index (χ1n) is 8.83. The van der Waals surface area contributed by atoms with Crippen LogP contribution >= 0.6 is 0 Å². The molecule has 3 aromatic rings. The first-order chi connectivity index (χ1) is 12.7. The zero-order valence-electron chi connectivity index (χ0n) is 14.8. The number of piperidine rings is 1. The Morgan fingerprint density at radius 1 is 1.23 bits per heavy atom. The second kappa shape index (κ2) is 7.20. The maximum atomic E-state index is 12.2. The van der Waals surface area contributed by atoms with E-state index in [0.29, 0.717) is 18.3 Å². The van der Waals surface area contributed by atoms with Crippen molar-refractivity contribution in [3.8, 4) is 5.82 Å². The van der Waals surface area contributed by atoms with Gasteiger partial charge in [0, 0.05) is 44.8 Å². The van der Waals surface area contributed by atoms with Crippen molar-refractivity contribution in [2.45, 2.75) is 25.9 Å². The smallest absolute Gasteiger partial charge is 0.266 e. The number of hydrogen-bond donors (Lipinski definition) is 0. The van der Waals surface area contributed by atoms with Gasteiger partial charge in [-0.2, -0.15) is 5.10 Å². The number of aryl methyl sites for hydroxylation is 1. The van der Waals surface area contributed by atoms with Crippen molar-refractivity contribution in [2.24, 2.45) is 13.0 Å². The molecule has 26 heavy (non-hydrogen) atoms. The molecule has 0 saturated carbocycles. The van der Waals surface area contributed by atoms with Crippen LogP contribution in [-0.4, -0.2) is 52.5 Å². The van der Waals surface area contributed by atoms with Crippen molar-refractivity contribution in [3.63, 3.8) is 0 Å². The van der Waals surface area contributed by atoms with E-state index in [-0.39, 0.29) is 5.56 Å². The molecule has 1 saturated heterocycles. The lowest BCUT2D eigenvalue weighted by molar-refractivity contribution is 0.162. The van der Waals surface area contributed by atoms with Crippen molar-refractivity contribution in [1.82, 2.24) is 39.5 Å². The molecule has 4 rings (SSSR count). The van der Waals surface area contributed by atoms with E-state index in [1.54, 1.807) is 32.4 Å². The Kier molecular flexibility index (Phi) is 4.61. The predicted molar refractivity (Wildman–Crippen MR) is 94.6 cm³/mol. The third-order valence-electron chi connectivity index (χ3n) is 4.77. The zero-order valence-corrected chi connectivity index (χ0v) is 14.8. The van der Waals surface area contributed by atoms with Crippen LogP contribution in [-0.2, 0) is 20.1 Å². The van der Waals surface area contributed by atoms with Crippen LogP contribution in [0.5, 0.6) is 0 Å². The minimum Gasteiger partial charge on any atom is -0.297 e. The van der Waals surface area contributed by atoms with Gasteiger partial charge in [0.15, 0.2) is 5.82 Å². The fourth-order valence-corrected chi connectivity index (χ4v) is 3.36. The summed E-state index contributed by atoms with van der Waals surface area (Å²) in [5.41, 5.74) is 0.929. The van der Waals surface area contributed by atoms with Gasteiger partial charge in [0.05, 0.1) is 5.69 Å². The van der Waals surface area contributed by atoms with Crippen LogP contribution in [0.1, 0.15) is 18.5 Å². The third-order valence-corrected chi connectivity index (χ3v) is 4.77. The van der Waals surface area contributed by atoms with Gasteiger partial charge in [-0.05, 0) is 44.0 Å². The van der Waals surface area contributed by atoms with E-state index in [1.165, 1.54) is 0 Å². The second-order valence-corrected chi connectivity index (χ2v) is 6.77. The number of hydrogen-bond acceptors (Lipinski definition) is 6. The monoisotopic (exact) mass is 354 g/mol. The Morgan fingerprint density at radius 3 is 2.77 bits per heavy atom. The van der Waals surface area contributed by atoms with E-state index >= 15 is 0 Å². The largest absolute Gasteiger partial charge is 0.297 e. The van der Waals surface area contributed by atoms with Crippen LogP contribution < -0.4 is 5.56 Å². The standard InChI is InChI=1S/C17H22N8O/c1-22-12-15(19-21-22)13-23-9-5-14(6-10-23)11-25-17(26)4-3-16(20-25)24-8-2-7-18-24/h2-4,7-8,12,14H,5-6,9-11,13H2,1H3. The normalized spacial score (nSPS) is 16.2. The minimum atomic E-state index is -0.0668. The van der Waals surface area contributed by atoms with Crippen LogP contribution in [0.2, 0.25) is 0 Å². The first-order valence-corrected chi connectivity index (χ1v) is 8.83. The third kappa shape index (κ3) is 3.72. The van der Waals surface area contributed by atoms with Gasteiger partial charge in [-0.1, -0.05) is 5.21 Å². The fraction of sp³-hybridized carbons (Fsp3) is 0.471. The summed E-state index contributed by atoms with van der Waals surface area (Å²) in [4.78, 5) is 14.6. The lowest BCUT2D eigenvalue weighted by Crippen LogP contribution is -2.36. The van der Waals surface area contributed by atoms with Crippen LogP contribution in [0.3, 0.4) is 0 Å². The molecule has 0 radical (unpaired) electrons. The van der Waals surface area contributed by atoms with Gasteiger partial charge in [-0.15, -0.1) is 10.2 Å². The summed E-state index contributed by atoms with van der Waals surface area (Å²) in [5, 5.41) is 16.8. The molecule has 3 aromatic heterocycles. The summed E-state index contributed by atoms with van der Waals surface area (Å²) in [6.07, 6.45) is 7.56. The molecule has 0 unspecified atom stereocenters. The van der Waals surface area contributed by atoms with Crippen LogP contribution in [0.25, 0.3) is 5.82 Å². The molecular weight excluding hydrogens is 332 g/mol. The van der Waals surface area contributed by atoms with Crippen molar-refractivity contribution >= 4 is 0 Å². The highest BCUT2D eigenvalue weighted by atomic mass is 16.1. The van der Waals surface area contributed by atoms with Gasteiger partial charge in [0.25, 0.3) is 5.56 Å². The Labute approximate surface area is 150 Å². The Bertz CT molecular complexity index is 905. The summed E-state index contributed by atoms with van der Waals surface area (Å²) < 4.78 is 4.96. The Hall–Kier alpha value is -2.81. The van der Waals surface area contributed by atoms with E-state index in [4.69, 9.17) is 0 Å². The van der Waals surface area contributed by atoms with Crippen molar-refractivity contribution in [2.75, 3.05) is 13.1 Å². The van der Waals surface area contributed by atoms with E-state index in [1.807, 2.05) is 25.5 Å². The zero-order chi connectivity index (χ0) is 17.9. The lowest BCUT2D eigenvalue weighted by atomic mass is 9.97. The molecule has 0 aliphatic carbocycles. The maximum absolute atomic E-state index is 12.2. The van der Waals surface area contributed by atoms with Gasteiger partial charge >= 0.3 is 0 Å². The molecule has 9 heteroatoms. The van der Waals surface area contributed by atoms with E-state index in [0.717, 1.165) is 38.2 Å². The highest BCUT2D eigenvalue weighted by Gasteiger charge is 2.21. The highest BCUT2D eigenvalue weighted by molar-refractivity contribution is 5.17. The van der Waals surface area contributed by atoms with Gasteiger partial charge in [-0.25, -0.2) is 9.36 Å². The highest BCUT2D eigenvalue weighted by Crippen LogP contribution is 2.19. The van der Waals surface area contributed by atoms with Gasteiger partial charge in [0.2, 0.25) is 0 Å². The molecule has 136 valence electrons. The molecular formula is C17H22N8O. The molecule has 1 fully saturated rings. The molecule has 0 atom stereocenters. The SMILES string of the molecule is Cn1cc(CN2CCC(Cn3nc(-n4cccn4)ccc3=O)CC2)nn1. The number of aromatic nitrogens is 7. The molecule has 0 bridgehead atoms. The average molecular weight is 354 g/mol. The minimum absolute atomic E-state index is 0.0668. The molecule has 0 aromatic carbocycles. The maximum Gasteiger partial charge on any atom is 0.266 e. The van der Waals surface area contributed by atoms with Gasteiger partial charge < -0.3 is 0 Å². The topological polar surface area (TPSA) is 86.7 Å². The van der Waals surface area contributed by atoms with Crippen LogP contribution in [0, 0.1) is 5.92 Å². The second-order valence-electron chi connectivity index (χ2n) is 6.77.